The van der Waals surface area contributed by atoms with E-state index in [0.29, 0.717) is 5.92 Å². The van der Waals surface area contributed by atoms with Gasteiger partial charge >= 0.3 is 0 Å². The maximum atomic E-state index is 12.4. The van der Waals surface area contributed by atoms with Gasteiger partial charge in [0.15, 0.2) is 9.84 Å². The molecule has 0 fully saturated rings. The first-order valence-electron chi connectivity index (χ1n) is 5.92. The minimum absolute atomic E-state index is 0.110. The minimum Gasteiger partial charge on any atom is -0.228 e. The molecular formula is C13H26O2S. The van der Waals surface area contributed by atoms with Gasteiger partial charge in [-0.05, 0) is 32.6 Å². The second-order valence-corrected chi connectivity index (χ2v) is 8.85. The Morgan fingerprint density at radius 2 is 1.38 bits per heavy atom. The van der Waals surface area contributed by atoms with Crippen LogP contribution in [0.2, 0.25) is 0 Å². The van der Waals surface area contributed by atoms with Crippen molar-refractivity contribution in [2.75, 3.05) is 0 Å². The van der Waals surface area contributed by atoms with E-state index in [-0.39, 0.29) is 11.2 Å². The minimum atomic E-state index is -3.12. The molecule has 0 unspecified atom stereocenters. The molecule has 0 saturated carbocycles. The van der Waals surface area contributed by atoms with Gasteiger partial charge in [-0.3, -0.25) is 0 Å². The second kappa shape index (κ2) is 5.35. The molecular weight excluding hydrogens is 220 g/mol. The fourth-order valence-corrected chi connectivity index (χ4v) is 3.25. The molecule has 0 aromatic carbocycles. The van der Waals surface area contributed by atoms with Crippen LogP contribution in [-0.2, 0) is 9.84 Å². The van der Waals surface area contributed by atoms with Crippen LogP contribution >= 0.6 is 0 Å². The Balaban J connectivity index is 5.25. The van der Waals surface area contributed by atoms with E-state index in [1.807, 2.05) is 26.0 Å². The van der Waals surface area contributed by atoms with Crippen LogP contribution in [-0.4, -0.2) is 18.4 Å². The van der Waals surface area contributed by atoms with E-state index in [0.717, 1.165) is 0 Å². The lowest BCUT2D eigenvalue weighted by atomic mass is 10.1. The zero-order chi connectivity index (χ0) is 13.1. The van der Waals surface area contributed by atoms with Gasteiger partial charge in [0.1, 0.15) is 0 Å². The molecule has 96 valence electrons. The molecule has 0 radical (unpaired) electrons. The van der Waals surface area contributed by atoms with E-state index in [2.05, 4.69) is 13.8 Å². The number of hydrogen-bond donors (Lipinski definition) is 0. The van der Waals surface area contributed by atoms with Crippen molar-refractivity contribution in [3.05, 3.63) is 12.2 Å². The molecule has 0 heterocycles. The molecule has 0 aromatic rings. The summed E-state index contributed by atoms with van der Waals surface area (Å²) in [6.07, 6.45) is 3.84. The molecule has 1 atom stereocenters. The Bertz CT molecular complexity index is 329. The number of allylic oxidation sites excluding steroid dienone is 1. The van der Waals surface area contributed by atoms with Crippen molar-refractivity contribution in [2.24, 2.45) is 11.8 Å². The van der Waals surface area contributed by atoms with Crippen LogP contribution in [0.5, 0.6) is 0 Å². The summed E-state index contributed by atoms with van der Waals surface area (Å²) in [5, 5.41) is -0.380. The molecule has 0 bridgehead atoms. The molecule has 0 amide bonds. The van der Waals surface area contributed by atoms with Crippen molar-refractivity contribution in [3.63, 3.8) is 0 Å². The van der Waals surface area contributed by atoms with Crippen molar-refractivity contribution in [2.45, 2.75) is 58.5 Å². The van der Waals surface area contributed by atoms with E-state index >= 15 is 0 Å². The molecule has 0 aliphatic heterocycles. The van der Waals surface area contributed by atoms with Crippen LogP contribution in [0.3, 0.4) is 0 Å². The largest absolute Gasteiger partial charge is 0.228 e. The Morgan fingerprint density at radius 1 is 0.938 bits per heavy atom. The van der Waals surface area contributed by atoms with Gasteiger partial charge < -0.3 is 0 Å². The van der Waals surface area contributed by atoms with Crippen molar-refractivity contribution in [3.8, 4) is 0 Å². The van der Waals surface area contributed by atoms with Crippen molar-refractivity contribution < 1.29 is 8.42 Å². The van der Waals surface area contributed by atoms with Gasteiger partial charge in [-0.25, -0.2) is 8.42 Å². The highest BCUT2D eigenvalue weighted by atomic mass is 32.2. The first kappa shape index (κ1) is 15.7. The van der Waals surface area contributed by atoms with Gasteiger partial charge in [0.25, 0.3) is 0 Å². The van der Waals surface area contributed by atoms with Crippen molar-refractivity contribution >= 4 is 9.84 Å². The summed E-state index contributed by atoms with van der Waals surface area (Å²) in [7, 11) is -3.12. The van der Waals surface area contributed by atoms with Crippen LogP contribution < -0.4 is 0 Å². The maximum absolute atomic E-state index is 12.4. The first-order valence-corrected chi connectivity index (χ1v) is 7.46. The zero-order valence-electron chi connectivity index (χ0n) is 11.6. The zero-order valence-corrected chi connectivity index (χ0v) is 12.4. The van der Waals surface area contributed by atoms with Gasteiger partial charge in [0.2, 0.25) is 0 Å². The topological polar surface area (TPSA) is 34.1 Å². The van der Waals surface area contributed by atoms with Crippen LogP contribution in [0, 0.1) is 11.8 Å². The highest BCUT2D eigenvalue weighted by Crippen LogP contribution is 2.26. The predicted molar refractivity (Wildman–Crippen MR) is 71.3 cm³/mol. The third kappa shape index (κ3) is 3.93. The Kier molecular flexibility index (Phi) is 5.24. The molecule has 2 nitrogen and oxygen atoms in total. The SMILES string of the molecule is CC(C)/C=C/[C@@H](C(C)C)S(=O)(=O)C(C)(C)C. The van der Waals surface area contributed by atoms with E-state index in [4.69, 9.17) is 0 Å². The molecule has 0 aliphatic rings. The summed E-state index contributed by atoms with van der Waals surface area (Å²) in [5.41, 5.74) is 0. The van der Waals surface area contributed by atoms with Crippen LogP contribution in [0.1, 0.15) is 48.5 Å². The lowest BCUT2D eigenvalue weighted by Gasteiger charge is -2.27. The third-order valence-corrected chi connectivity index (χ3v) is 5.68. The molecule has 0 N–H and O–H groups in total. The van der Waals surface area contributed by atoms with Gasteiger partial charge in [0, 0.05) is 0 Å². The van der Waals surface area contributed by atoms with E-state index in [1.165, 1.54) is 0 Å². The Morgan fingerprint density at radius 3 is 1.62 bits per heavy atom. The highest BCUT2D eigenvalue weighted by Gasteiger charge is 2.37. The van der Waals surface area contributed by atoms with Gasteiger partial charge in [0.05, 0.1) is 10.00 Å². The van der Waals surface area contributed by atoms with E-state index in [1.54, 1.807) is 20.8 Å². The predicted octanol–water partition coefficient (Wildman–Crippen LogP) is 3.44. The summed E-state index contributed by atoms with van der Waals surface area (Å²) in [5.74, 6) is 0.496. The molecule has 0 spiro atoms. The smallest absolute Gasteiger partial charge is 0.161 e. The van der Waals surface area contributed by atoms with Crippen molar-refractivity contribution in [1.29, 1.82) is 0 Å². The molecule has 0 saturated heterocycles. The standard InChI is InChI=1S/C13H26O2S/c1-10(2)8-9-12(11(3)4)16(14,15)13(5,6)7/h8-12H,1-7H3/b9-8+/t12-/m0/s1. The first-order chi connectivity index (χ1) is 7.00. The maximum Gasteiger partial charge on any atom is 0.161 e. The van der Waals surface area contributed by atoms with Crippen LogP contribution in [0.15, 0.2) is 12.2 Å². The summed E-state index contributed by atoms with van der Waals surface area (Å²) < 4.78 is 24.0. The van der Waals surface area contributed by atoms with Gasteiger partial charge in [-0.15, -0.1) is 0 Å². The normalized spacial score (nSPS) is 16.3. The summed E-state index contributed by atoms with van der Waals surface area (Å²) in [6.45, 7) is 13.3. The molecule has 3 heteroatoms. The van der Waals surface area contributed by atoms with Gasteiger partial charge in [-0.1, -0.05) is 39.8 Å². The number of hydrogen-bond acceptors (Lipinski definition) is 2. The average molecular weight is 246 g/mol. The molecule has 16 heavy (non-hydrogen) atoms. The quantitative estimate of drug-likeness (QED) is 0.712. The second-order valence-electron chi connectivity index (χ2n) is 5.99. The van der Waals surface area contributed by atoms with Crippen LogP contribution in [0.4, 0.5) is 0 Å². The summed E-state index contributed by atoms with van der Waals surface area (Å²) in [4.78, 5) is 0. The van der Waals surface area contributed by atoms with Gasteiger partial charge in [-0.2, -0.15) is 0 Å². The Hall–Kier alpha value is -0.310. The fourth-order valence-electron chi connectivity index (χ4n) is 1.42. The van der Waals surface area contributed by atoms with E-state index < -0.39 is 14.6 Å². The van der Waals surface area contributed by atoms with Crippen molar-refractivity contribution in [1.82, 2.24) is 0 Å². The molecule has 0 rings (SSSR count). The summed E-state index contributed by atoms with van der Waals surface area (Å²) >= 11 is 0. The average Bonchev–Trinajstić information content (AvgIpc) is 1.99. The molecule has 0 aromatic heterocycles. The fraction of sp³-hybridized carbons (Fsp3) is 0.846. The number of rotatable bonds is 4. The Labute approximate surface area is 101 Å². The summed E-state index contributed by atoms with van der Waals surface area (Å²) in [6, 6.07) is 0. The lowest BCUT2D eigenvalue weighted by Crippen LogP contribution is -2.39. The number of sulfone groups is 1. The monoisotopic (exact) mass is 246 g/mol. The molecule has 0 aliphatic carbocycles. The third-order valence-electron chi connectivity index (χ3n) is 2.55. The van der Waals surface area contributed by atoms with E-state index in [9.17, 15) is 8.42 Å². The van der Waals surface area contributed by atoms with Crippen LogP contribution in [0.25, 0.3) is 0 Å². The lowest BCUT2D eigenvalue weighted by molar-refractivity contribution is 0.528. The highest BCUT2D eigenvalue weighted by molar-refractivity contribution is 7.93.